The highest BCUT2D eigenvalue weighted by Gasteiger charge is 2.38. The van der Waals surface area contributed by atoms with Gasteiger partial charge in [-0.1, -0.05) is 18.6 Å². The van der Waals surface area contributed by atoms with Gasteiger partial charge in [-0.2, -0.15) is 5.10 Å². The summed E-state index contributed by atoms with van der Waals surface area (Å²) >= 11 is 0. The molecular formula is C15H17N3O3. The predicted molar refractivity (Wildman–Crippen MR) is 78.0 cm³/mol. The summed E-state index contributed by atoms with van der Waals surface area (Å²) < 4.78 is 0. The van der Waals surface area contributed by atoms with Crippen LogP contribution in [0.4, 0.5) is 5.69 Å². The van der Waals surface area contributed by atoms with Gasteiger partial charge >= 0.3 is 0 Å². The molecule has 1 aromatic rings. The number of hydrogen-bond acceptors (Lipinski definition) is 4. The second kappa shape index (κ2) is 5.63. The molecule has 0 heterocycles. The van der Waals surface area contributed by atoms with E-state index in [0.29, 0.717) is 11.8 Å². The lowest BCUT2D eigenvalue weighted by molar-refractivity contribution is -0.385. The molecule has 0 saturated heterocycles. The van der Waals surface area contributed by atoms with Crippen molar-refractivity contribution < 1.29 is 9.72 Å². The topological polar surface area (TPSA) is 84.6 Å². The van der Waals surface area contributed by atoms with E-state index in [2.05, 4.69) is 10.5 Å². The highest BCUT2D eigenvalue weighted by atomic mass is 16.6. The van der Waals surface area contributed by atoms with Crippen LogP contribution < -0.4 is 5.43 Å². The van der Waals surface area contributed by atoms with Crippen LogP contribution in [0.5, 0.6) is 0 Å². The van der Waals surface area contributed by atoms with Gasteiger partial charge in [0.25, 0.3) is 11.6 Å². The van der Waals surface area contributed by atoms with E-state index in [9.17, 15) is 14.9 Å². The van der Waals surface area contributed by atoms with Crippen molar-refractivity contribution in [3.8, 4) is 0 Å². The van der Waals surface area contributed by atoms with Gasteiger partial charge in [0, 0.05) is 12.3 Å². The monoisotopic (exact) mass is 287 g/mol. The molecule has 2 saturated carbocycles. The molecule has 0 unspecified atom stereocenters. The summed E-state index contributed by atoms with van der Waals surface area (Å²) in [6.45, 7) is 0. The maximum Gasteiger partial charge on any atom is 0.282 e. The quantitative estimate of drug-likeness (QED) is 0.525. The van der Waals surface area contributed by atoms with Gasteiger partial charge in [0.05, 0.1) is 4.92 Å². The molecule has 1 N–H and O–H groups in total. The van der Waals surface area contributed by atoms with Gasteiger partial charge in [-0.3, -0.25) is 14.9 Å². The van der Waals surface area contributed by atoms with Crippen molar-refractivity contribution >= 4 is 17.8 Å². The Morgan fingerprint density at radius 2 is 2.14 bits per heavy atom. The number of nitro groups is 1. The summed E-state index contributed by atoms with van der Waals surface area (Å²) in [7, 11) is 0. The molecule has 1 aromatic carbocycles. The third-order valence-electron chi connectivity index (χ3n) is 4.57. The zero-order chi connectivity index (χ0) is 14.8. The van der Waals surface area contributed by atoms with Crippen molar-refractivity contribution in [1.82, 2.24) is 5.43 Å². The lowest BCUT2D eigenvalue weighted by Crippen LogP contribution is -2.21. The Hall–Kier alpha value is -2.24. The van der Waals surface area contributed by atoms with Crippen LogP contribution in [-0.2, 0) is 0 Å². The average molecular weight is 287 g/mol. The van der Waals surface area contributed by atoms with E-state index < -0.39 is 10.8 Å². The number of fused-ring (bicyclic) bond motifs is 2. The van der Waals surface area contributed by atoms with Crippen LogP contribution in [0.2, 0.25) is 0 Å². The molecule has 6 heteroatoms. The third-order valence-corrected chi connectivity index (χ3v) is 4.57. The highest BCUT2D eigenvalue weighted by Crippen LogP contribution is 2.47. The van der Waals surface area contributed by atoms with Crippen LogP contribution in [0.3, 0.4) is 0 Å². The smallest absolute Gasteiger partial charge is 0.267 e. The van der Waals surface area contributed by atoms with Gasteiger partial charge in [0.1, 0.15) is 5.56 Å². The minimum absolute atomic E-state index is 0.0348. The second-order valence-electron chi connectivity index (χ2n) is 5.83. The van der Waals surface area contributed by atoms with E-state index >= 15 is 0 Å². The fraction of sp³-hybridized carbons (Fsp3) is 0.467. The SMILES string of the molecule is O=C(N/N=C\[C@@H]1C[C@H]2CC[C@@H]1C2)c1ccccc1[N+](=O)[O-]. The summed E-state index contributed by atoms with van der Waals surface area (Å²) in [6, 6.07) is 5.88. The number of nitrogens with one attached hydrogen (secondary N) is 1. The van der Waals surface area contributed by atoms with Crippen molar-refractivity contribution in [3.63, 3.8) is 0 Å². The Labute approximate surface area is 122 Å². The van der Waals surface area contributed by atoms with Crippen molar-refractivity contribution in [2.75, 3.05) is 0 Å². The van der Waals surface area contributed by atoms with Crippen LogP contribution in [0.25, 0.3) is 0 Å². The minimum atomic E-state index is -0.561. The molecule has 3 rings (SSSR count). The molecule has 110 valence electrons. The third kappa shape index (κ3) is 2.79. The molecule has 21 heavy (non-hydrogen) atoms. The standard InChI is InChI=1S/C15H17N3O3/c19-15(13-3-1-2-4-14(13)18(20)21)17-16-9-12-8-10-5-6-11(12)7-10/h1-4,9-12H,5-8H2,(H,17,19)/b16-9-/t10-,11+,12-/m0/s1. The second-order valence-corrected chi connectivity index (χ2v) is 5.83. The maximum absolute atomic E-state index is 12.0. The summed E-state index contributed by atoms with van der Waals surface area (Å²) in [5.74, 6) is 1.41. The average Bonchev–Trinajstić information content (AvgIpc) is 3.09. The first-order chi connectivity index (χ1) is 10.1. The number of benzene rings is 1. The van der Waals surface area contributed by atoms with E-state index in [-0.39, 0.29) is 11.3 Å². The summed E-state index contributed by atoms with van der Waals surface area (Å²) in [5, 5.41) is 14.9. The number of carbonyl (C=O) groups excluding carboxylic acids is 1. The number of amides is 1. The van der Waals surface area contributed by atoms with Gasteiger partial charge in [-0.25, -0.2) is 5.43 Å². The van der Waals surface area contributed by atoms with Crippen LogP contribution in [-0.4, -0.2) is 17.0 Å². The lowest BCUT2D eigenvalue weighted by atomic mass is 9.90. The van der Waals surface area contributed by atoms with Crippen LogP contribution >= 0.6 is 0 Å². The van der Waals surface area contributed by atoms with Gasteiger partial charge in [-0.05, 0) is 43.1 Å². The molecule has 2 aliphatic rings. The van der Waals surface area contributed by atoms with Crippen molar-refractivity contribution in [3.05, 3.63) is 39.9 Å². The summed E-state index contributed by atoms with van der Waals surface area (Å²) in [4.78, 5) is 22.3. The summed E-state index contributed by atoms with van der Waals surface area (Å²) in [5.41, 5.74) is 2.24. The molecule has 0 aliphatic heterocycles. The number of hydrazone groups is 1. The largest absolute Gasteiger partial charge is 0.282 e. The molecular weight excluding hydrogens is 270 g/mol. The molecule has 2 bridgehead atoms. The van der Waals surface area contributed by atoms with Crippen molar-refractivity contribution in [2.24, 2.45) is 22.9 Å². The molecule has 0 radical (unpaired) electrons. The van der Waals surface area contributed by atoms with Gasteiger partial charge < -0.3 is 0 Å². The Kier molecular flexibility index (Phi) is 3.68. The van der Waals surface area contributed by atoms with Crippen molar-refractivity contribution in [2.45, 2.75) is 25.7 Å². The molecule has 2 fully saturated rings. The number of nitro benzene ring substituents is 1. The predicted octanol–water partition coefficient (Wildman–Crippen LogP) is 2.75. The first-order valence-corrected chi connectivity index (χ1v) is 7.22. The van der Waals surface area contributed by atoms with Crippen molar-refractivity contribution in [1.29, 1.82) is 0 Å². The summed E-state index contributed by atoms with van der Waals surface area (Å²) in [6.07, 6.45) is 6.79. The van der Waals surface area contributed by atoms with E-state index in [1.807, 2.05) is 0 Å². The molecule has 2 aliphatic carbocycles. The zero-order valence-electron chi connectivity index (χ0n) is 11.6. The highest BCUT2D eigenvalue weighted by molar-refractivity contribution is 5.98. The molecule has 1 amide bonds. The first kappa shape index (κ1) is 13.7. The Balaban J connectivity index is 1.63. The molecule has 0 spiro atoms. The first-order valence-electron chi connectivity index (χ1n) is 7.22. The fourth-order valence-electron chi connectivity index (χ4n) is 3.55. The fourth-order valence-corrected chi connectivity index (χ4v) is 3.55. The number of para-hydroxylation sites is 1. The number of rotatable bonds is 4. The number of hydrogen-bond donors (Lipinski definition) is 1. The zero-order valence-corrected chi connectivity index (χ0v) is 11.6. The Bertz CT molecular complexity index is 600. The molecule has 3 atom stereocenters. The lowest BCUT2D eigenvalue weighted by Gasteiger charge is -2.16. The normalized spacial score (nSPS) is 27.1. The van der Waals surface area contributed by atoms with Gasteiger partial charge in [0.15, 0.2) is 0 Å². The molecule has 6 nitrogen and oxygen atoms in total. The number of carbonyl (C=O) groups is 1. The van der Waals surface area contributed by atoms with E-state index in [1.54, 1.807) is 12.3 Å². The molecule has 0 aromatic heterocycles. The number of nitrogens with zero attached hydrogens (tertiary/aromatic N) is 2. The van der Waals surface area contributed by atoms with Gasteiger partial charge in [-0.15, -0.1) is 0 Å². The van der Waals surface area contributed by atoms with E-state index in [1.165, 1.54) is 37.5 Å². The van der Waals surface area contributed by atoms with E-state index in [0.717, 1.165) is 12.3 Å². The van der Waals surface area contributed by atoms with Crippen LogP contribution in [0.15, 0.2) is 29.4 Å². The Morgan fingerprint density at radius 3 is 2.81 bits per heavy atom. The van der Waals surface area contributed by atoms with Gasteiger partial charge in [0.2, 0.25) is 0 Å². The Morgan fingerprint density at radius 1 is 1.33 bits per heavy atom. The van der Waals surface area contributed by atoms with E-state index in [4.69, 9.17) is 0 Å². The maximum atomic E-state index is 12.0. The minimum Gasteiger partial charge on any atom is -0.267 e. The van der Waals surface area contributed by atoms with Crippen LogP contribution in [0, 0.1) is 27.9 Å². The van der Waals surface area contributed by atoms with Crippen LogP contribution in [0.1, 0.15) is 36.0 Å².